The molecular formula is C17H19N3O4S. The zero-order valence-corrected chi connectivity index (χ0v) is 14.9. The van der Waals surface area contributed by atoms with Crippen LogP contribution in [0, 0.1) is 6.92 Å². The number of aliphatic hydroxyl groups is 1. The van der Waals surface area contributed by atoms with Crippen LogP contribution in [0.1, 0.15) is 28.3 Å². The molecule has 7 nitrogen and oxygen atoms in total. The van der Waals surface area contributed by atoms with E-state index in [9.17, 15) is 4.79 Å². The van der Waals surface area contributed by atoms with Gasteiger partial charge >= 0.3 is 0 Å². The summed E-state index contributed by atoms with van der Waals surface area (Å²) in [5.74, 6) is 0.711. The largest absolute Gasteiger partial charge is 0.484 e. The van der Waals surface area contributed by atoms with E-state index in [1.165, 1.54) is 11.2 Å². The van der Waals surface area contributed by atoms with E-state index in [0.29, 0.717) is 18.2 Å². The van der Waals surface area contributed by atoms with Crippen LogP contribution < -0.4 is 4.74 Å². The molecule has 0 bridgehead atoms. The van der Waals surface area contributed by atoms with Crippen molar-refractivity contribution in [3.05, 3.63) is 41.1 Å². The summed E-state index contributed by atoms with van der Waals surface area (Å²) in [5.41, 5.74) is 1.10. The van der Waals surface area contributed by atoms with E-state index in [-0.39, 0.29) is 31.4 Å². The van der Waals surface area contributed by atoms with Crippen molar-refractivity contribution in [1.82, 2.24) is 14.9 Å². The molecule has 132 valence electrons. The van der Waals surface area contributed by atoms with Gasteiger partial charge in [-0.1, -0.05) is 0 Å². The Hall–Kier alpha value is -2.45. The maximum Gasteiger partial charge on any atom is 0.275 e. The van der Waals surface area contributed by atoms with E-state index >= 15 is 0 Å². The molecule has 2 heterocycles. The molecule has 0 aliphatic rings. The van der Waals surface area contributed by atoms with Crippen LogP contribution in [-0.2, 0) is 6.61 Å². The third kappa shape index (κ3) is 3.97. The zero-order valence-electron chi connectivity index (χ0n) is 14.1. The molecular weight excluding hydrogens is 342 g/mol. The fourth-order valence-electron chi connectivity index (χ4n) is 2.42. The highest BCUT2D eigenvalue weighted by Crippen LogP contribution is 2.26. The molecule has 8 heteroatoms. The second-order valence-electron chi connectivity index (χ2n) is 5.39. The predicted octanol–water partition coefficient (Wildman–Crippen LogP) is 2.63. The van der Waals surface area contributed by atoms with Crippen molar-refractivity contribution in [2.45, 2.75) is 20.5 Å². The number of aryl methyl sites for hydroxylation is 1. The van der Waals surface area contributed by atoms with Gasteiger partial charge in [0.05, 0.1) is 21.8 Å². The first-order valence-electron chi connectivity index (χ1n) is 7.95. The number of carbonyl (C=O) groups excluding carboxylic acids is 1. The monoisotopic (exact) mass is 361 g/mol. The molecule has 25 heavy (non-hydrogen) atoms. The number of amides is 1. The van der Waals surface area contributed by atoms with Gasteiger partial charge in [0.15, 0.2) is 12.3 Å². The number of hydrogen-bond acceptors (Lipinski definition) is 7. The summed E-state index contributed by atoms with van der Waals surface area (Å²) in [7, 11) is 0. The van der Waals surface area contributed by atoms with E-state index in [1.807, 2.05) is 32.0 Å². The number of oxazole rings is 1. The van der Waals surface area contributed by atoms with Crippen molar-refractivity contribution in [3.63, 3.8) is 0 Å². The van der Waals surface area contributed by atoms with Crippen molar-refractivity contribution in [3.8, 4) is 5.75 Å². The number of fused-ring (bicyclic) bond motifs is 1. The van der Waals surface area contributed by atoms with Gasteiger partial charge in [0.25, 0.3) is 5.91 Å². The number of thiazole rings is 1. The van der Waals surface area contributed by atoms with Crippen molar-refractivity contribution in [2.75, 3.05) is 19.7 Å². The number of likely N-dealkylation sites (N-methyl/N-ethyl adjacent to an activating group) is 1. The summed E-state index contributed by atoms with van der Waals surface area (Å²) >= 11 is 1.63. The standard InChI is InChI=1S/C17H19N3O4S/c1-3-20(6-7-21)17(22)14-9-24-16(19-14)10-23-12-4-5-15-13(8-12)18-11(2)25-15/h4-5,8-9,21H,3,6-7,10H2,1-2H3. The molecule has 1 aromatic carbocycles. The van der Waals surface area contributed by atoms with E-state index < -0.39 is 0 Å². The first-order chi connectivity index (χ1) is 12.1. The Morgan fingerprint density at radius 3 is 3.00 bits per heavy atom. The lowest BCUT2D eigenvalue weighted by Crippen LogP contribution is -2.33. The minimum Gasteiger partial charge on any atom is -0.484 e. The lowest BCUT2D eigenvalue weighted by molar-refractivity contribution is 0.0726. The van der Waals surface area contributed by atoms with E-state index in [4.69, 9.17) is 14.3 Å². The summed E-state index contributed by atoms with van der Waals surface area (Å²) in [4.78, 5) is 22.3. The summed E-state index contributed by atoms with van der Waals surface area (Å²) in [6, 6.07) is 5.71. The van der Waals surface area contributed by atoms with Gasteiger partial charge in [-0.3, -0.25) is 4.79 Å². The molecule has 0 aliphatic heterocycles. The average molecular weight is 361 g/mol. The highest BCUT2D eigenvalue weighted by molar-refractivity contribution is 7.18. The van der Waals surface area contributed by atoms with Crippen LogP contribution in [0.2, 0.25) is 0 Å². The summed E-state index contributed by atoms with van der Waals surface area (Å²) in [6.45, 7) is 4.59. The third-order valence-electron chi connectivity index (χ3n) is 3.64. The van der Waals surface area contributed by atoms with Crippen LogP contribution >= 0.6 is 11.3 Å². The fourth-order valence-corrected chi connectivity index (χ4v) is 3.23. The lowest BCUT2D eigenvalue weighted by Gasteiger charge is -2.17. The van der Waals surface area contributed by atoms with Crippen LogP contribution in [0.4, 0.5) is 0 Å². The molecule has 0 fully saturated rings. The van der Waals surface area contributed by atoms with Gasteiger partial charge in [-0.25, -0.2) is 9.97 Å². The number of aromatic nitrogens is 2. The number of hydrogen-bond donors (Lipinski definition) is 1. The smallest absolute Gasteiger partial charge is 0.275 e. The molecule has 0 saturated carbocycles. The summed E-state index contributed by atoms with van der Waals surface area (Å²) in [5, 5.41) is 10.00. The number of rotatable bonds is 7. The number of nitrogens with zero attached hydrogens (tertiary/aromatic N) is 3. The Labute approximate surface area is 148 Å². The van der Waals surface area contributed by atoms with Crippen LogP contribution in [-0.4, -0.2) is 45.6 Å². The highest BCUT2D eigenvalue weighted by Gasteiger charge is 2.18. The number of ether oxygens (including phenoxy) is 1. The third-order valence-corrected chi connectivity index (χ3v) is 4.59. The molecule has 1 N–H and O–H groups in total. The molecule has 3 rings (SSSR count). The number of aliphatic hydroxyl groups excluding tert-OH is 1. The SMILES string of the molecule is CCN(CCO)C(=O)c1coc(COc2ccc3sc(C)nc3c2)n1. The van der Waals surface area contributed by atoms with Crippen LogP contribution in [0.5, 0.6) is 5.75 Å². The van der Waals surface area contributed by atoms with Gasteiger partial charge in [0.2, 0.25) is 5.89 Å². The predicted molar refractivity (Wildman–Crippen MR) is 93.9 cm³/mol. The Morgan fingerprint density at radius 1 is 1.40 bits per heavy atom. The molecule has 0 radical (unpaired) electrons. The van der Waals surface area contributed by atoms with Gasteiger partial charge in [0.1, 0.15) is 12.0 Å². The topological polar surface area (TPSA) is 88.7 Å². The lowest BCUT2D eigenvalue weighted by atomic mass is 10.3. The molecule has 2 aromatic heterocycles. The first-order valence-corrected chi connectivity index (χ1v) is 8.77. The molecule has 0 unspecified atom stereocenters. The number of carbonyl (C=O) groups is 1. The molecule has 0 spiro atoms. The molecule has 0 saturated heterocycles. The van der Waals surface area contributed by atoms with Gasteiger partial charge in [-0.2, -0.15) is 0 Å². The van der Waals surface area contributed by atoms with Crippen molar-refractivity contribution in [1.29, 1.82) is 0 Å². The fraction of sp³-hybridized carbons (Fsp3) is 0.353. The minimum absolute atomic E-state index is 0.0913. The zero-order chi connectivity index (χ0) is 17.8. The van der Waals surface area contributed by atoms with E-state index in [2.05, 4.69) is 9.97 Å². The van der Waals surface area contributed by atoms with Gasteiger partial charge in [0, 0.05) is 19.2 Å². The first kappa shape index (κ1) is 17.4. The average Bonchev–Trinajstić information content (AvgIpc) is 3.22. The maximum atomic E-state index is 12.2. The Kier molecular flexibility index (Phi) is 5.30. The maximum absolute atomic E-state index is 12.2. The van der Waals surface area contributed by atoms with Crippen LogP contribution in [0.25, 0.3) is 10.2 Å². The number of benzene rings is 1. The Bertz CT molecular complexity index is 874. The second-order valence-corrected chi connectivity index (χ2v) is 6.62. The Morgan fingerprint density at radius 2 is 2.24 bits per heavy atom. The molecule has 1 amide bonds. The van der Waals surface area contributed by atoms with E-state index in [0.717, 1.165) is 15.2 Å². The minimum atomic E-state index is -0.272. The summed E-state index contributed by atoms with van der Waals surface area (Å²) < 4.78 is 12.1. The van der Waals surface area contributed by atoms with Crippen LogP contribution in [0.15, 0.2) is 28.9 Å². The van der Waals surface area contributed by atoms with Crippen LogP contribution in [0.3, 0.4) is 0 Å². The van der Waals surface area contributed by atoms with Gasteiger partial charge in [-0.15, -0.1) is 11.3 Å². The summed E-state index contributed by atoms with van der Waals surface area (Å²) in [6.07, 6.45) is 1.31. The van der Waals surface area contributed by atoms with Gasteiger partial charge < -0.3 is 19.2 Å². The van der Waals surface area contributed by atoms with Crippen molar-refractivity contribution >= 4 is 27.5 Å². The highest BCUT2D eigenvalue weighted by atomic mass is 32.1. The van der Waals surface area contributed by atoms with Crippen molar-refractivity contribution < 1.29 is 19.1 Å². The van der Waals surface area contributed by atoms with Crippen molar-refractivity contribution in [2.24, 2.45) is 0 Å². The molecule has 3 aromatic rings. The quantitative estimate of drug-likeness (QED) is 0.696. The molecule has 0 aliphatic carbocycles. The Balaban J connectivity index is 1.65. The van der Waals surface area contributed by atoms with Gasteiger partial charge in [-0.05, 0) is 26.0 Å². The normalized spacial score (nSPS) is 11.0. The second kappa shape index (κ2) is 7.62. The van der Waals surface area contributed by atoms with E-state index in [1.54, 1.807) is 11.3 Å². The molecule has 0 atom stereocenters.